The Bertz CT molecular complexity index is 775. The van der Waals surface area contributed by atoms with Crippen LogP contribution in [0.2, 0.25) is 0 Å². The van der Waals surface area contributed by atoms with Gasteiger partial charge in [0.05, 0.1) is 23.8 Å². The zero-order valence-corrected chi connectivity index (χ0v) is 12.4. The van der Waals surface area contributed by atoms with Crippen LogP contribution in [0.25, 0.3) is 0 Å². The van der Waals surface area contributed by atoms with Gasteiger partial charge >= 0.3 is 5.97 Å². The van der Waals surface area contributed by atoms with Crippen molar-refractivity contribution in [3.8, 4) is 5.75 Å². The molecule has 0 saturated heterocycles. The summed E-state index contributed by atoms with van der Waals surface area (Å²) in [6.07, 6.45) is 3.83. The molecule has 0 spiro atoms. The largest absolute Gasteiger partial charge is 0.484 e. The Balaban J connectivity index is 1.86. The first-order valence-corrected chi connectivity index (χ1v) is 7.06. The van der Waals surface area contributed by atoms with E-state index in [2.05, 4.69) is 9.72 Å². The molecule has 2 aromatic rings. The van der Waals surface area contributed by atoms with Crippen LogP contribution in [-0.4, -0.2) is 23.0 Å². The Labute approximate surface area is 132 Å². The maximum atomic E-state index is 11.5. The van der Waals surface area contributed by atoms with Crippen molar-refractivity contribution < 1.29 is 19.2 Å². The summed E-state index contributed by atoms with van der Waals surface area (Å²) < 4.78 is 10.5. The first-order chi connectivity index (χ1) is 11.1. The summed E-state index contributed by atoms with van der Waals surface area (Å²) in [7, 11) is 1.29. The summed E-state index contributed by atoms with van der Waals surface area (Å²) in [6, 6.07) is 6.54. The van der Waals surface area contributed by atoms with Crippen LogP contribution >= 0.6 is 0 Å². The molecule has 1 aromatic heterocycles. The van der Waals surface area contributed by atoms with Gasteiger partial charge in [-0.15, -0.1) is 0 Å². The maximum Gasteiger partial charge on any atom is 0.339 e. The zero-order valence-electron chi connectivity index (χ0n) is 12.4. The van der Waals surface area contributed by atoms with Crippen LogP contribution in [0.3, 0.4) is 0 Å². The van der Waals surface area contributed by atoms with Crippen LogP contribution in [-0.2, 0) is 11.2 Å². The van der Waals surface area contributed by atoms with Gasteiger partial charge in [0, 0.05) is 23.4 Å². The first-order valence-electron chi connectivity index (χ1n) is 7.06. The number of rotatable bonds is 4. The predicted molar refractivity (Wildman–Crippen MR) is 80.4 cm³/mol. The Morgan fingerprint density at radius 2 is 2.22 bits per heavy atom. The van der Waals surface area contributed by atoms with E-state index < -0.39 is 5.97 Å². The summed E-state index contributed by atoms with van der Waals surface area (Å²) in [6.45, 7) is 0. The van der Waals surface area contributed by atoms with Gasteiger partial charge in [0.15, 0.2) is 0 Å². The lowest BCUT2D eigenvalue weighted by Gasteiger charge is -2.15. The maximum absolute atomic E-state index is 11.5. The third-order valence-corrected chi connectivity index (χ3v) is 3.80. The molecule has 0 unspecified atom stereocenters. The molecule has 0 amide bonds. The van der Waals surface area contributed by atoms with Crippen molar-refractivity contribution in [1.29, 1.82) is 0 Å². The average molecular weight is 314 g/mol. The van der Waals surface area contributed by atoms with Gasteiger partial charge in [-0.1, -0.05) is 12.1 Å². The lowest BCUT2D eigenvalue weighted by molar-refractivity contribution is -0.385. The van der Waals surface area contributed by atoms with Gasteiger partial charge in [0.2, 0.25) is 0 Å². The highest BCUT2D eigenvalue weighted by Gasteiger charge is 2.30. The molecular weight excluding hydrogens is 300 g/mol. The lowest BCUT2D eigenvalue weighted by atomic mass is 10.1. The molecule has 0 radical (unpaired) electrons. The first kappa shape index (κ1) is 15.0. The van der Waals surface area contributed by atoms with Crippen molar-refractivity contribution in [3.63, 3.8) is 0 Å². The van der Waals surface area contributed by atoms with Crippen molar-refractivity contribution in [2.24, 2.45) is 0 Å². The topological polar surface area (TPSA) is 91.6 Å². The number of nitro groups is 1. The van der Waals surface area contributed by atoms with Crippen LogP contribution < -0.4 is 4.74 Å². The number of pyridine rings is 1. The summed E-state index contributed by atoms with van der Waals surface area (Å²) in [4.78, 5) is 26.2. The van der Waals surface area contributed by atoms with Gasteiger partial charge in [-0.2, -0.15) is 0 Å². The number of carbonyl (C=O) groups is 1. The molecule has 118 valence electrons. The number of nitrogens with zero attached hydrogens (tertiary/aromatic N) is 2. The van der Waals surface area contributed by atoms with Gasteiger partial charge in [-0.25, -0.2) is 4.79 Å². The number of ether oxygens (including phenoxy) is 2. The van der Waals surface area contributed by atoms with E-state index in [1.165, 1.54) is 25.6 Å². The number of esters is 1. The number of nitro benzene ring substituents is 1. The second-order valence-corrected chi connectivity index (χ2v) is 5.15. The summed E-state index contributed by atoms with van der Waals surface area (Å²) in [5.74, 6) is -0.0670. The van der Waals surface area contributed by atoms with E-state index in [0.717, 1.165) is 5.56 Å². The third kappa shape index (κ3) is 2.85. The quantitative estimate of drug-likeness (QED) is 0.489. The summed E-state index contributed by atoms with van der Waals surface area (Å²) in [5, 5.41) is 11.1. The minimum absolute atomic E-state index is 0.120. The zero-order chi connectivity index (χ0) is 16.4. The number of carbonyl (C=O) groups excluding carboxylic acids is 1. The van der Waals surface area contributed by atoms with Crippen molar-refractivity contribution in [2.45, 2.75) is 18.9 Å². The number of benzene rings is 1. The molecule has 1 atom stereocenters. The fourth-order valence-electron chi connectivity index (χ4n) is 2.77. The third-order valence-electron chi connectivity index (χ3n) is 3.80. The summed E-state index contributed by atoms with van der Waals surface area (Å²) >= 11 is 0. The molecular formula is C16H14N2O5. The molecule has 0 aliphatic heterocycles. The van der Waals surface area contributed by atoms with Gasteiger partial charge < -0.3 is 9.47 Å². The van der Waals surface area contributed by atoms with Gasteiger partial charge in [0.1, 0.15) is 11.9 Å². The number of hydrogen-bond donors (Lipinski definition) is 0. The Morgan fingerprint density at radius 3 is 2.96 bits per heavy atom. The van der Waals surface area contributed by atoms with Crippen molar-refractivity contribution in [2.75, 3.05) is 7.11 Å². The Hall–Kier alpha value is -2.96. The summed E-state index contributed by atoms with van der Waals surface area (Å²) in [5.41, 5.74) is 1.93. The van der Waals surface area contributed by atoms with Gasteiger partial charge in [-0.3, -0.25) is 15.1 Å². The molecule has 3 rings (SSSR count). The van der Waals surface area contributed by atoms with Crippen LogP contribution in [0.5, 0.6) is 5.75 Å². The highest BCUT2D eigenvalue weighted by Crippen LogP contribution is 2.39. The van der Waals surface area contributed by atoms with E-state index in [4.69, 9.17) is 4.74 Å². The average Bonchev–Trinajstić information content (AvgIpc) is 2.97. The Kier molecular flexibility index (Phi) is 3.92. The molecule has 1 aliphatic rings. The highest BCUT2D eigenvalue weighted by atomic mass is 16.6. The van der Waals surface area contributed by atoms with Crippen LogP contribution in [0.15, 0.2) is 36.7 Å². The molecule has 1 aliphatic carbocycles. The van der Waals surface area contributed by atoms with Crippen LogP contribution in [0.4, 0.5) is 5.69 Å². The molecule has 1 heterocycles. The van der Waals surface area contributed by atoms with E-state index in [9.17, 15) is 14.9 Å². The van der Waals surface area contributed by atoms with Gasteiger partial charge in [0.25, 0.3) is 5.69 Å². The van der Waals surface area contributed by atoms with Crippen molar-refractivity contribution in [1.82, 2.24) is 4.98 Å². The fourth-order valence-corrected chi connectivity index (χ4v) is 2.77. The minimum Gasteiger partial charge on any atom is -0.484 e. The number of aromatic nitrogens is 1. The van der Waals surface area contributed by atoms with Crippen molar-refractivity contribution in [3.05, 3.63) is 63.5 Å². The smallest absolute Gasteiger partial charge is 0.339 e. The normalized spacial score (nSPS) is 15.8. The molecule has 7 nitrogen and oxygen atoms in total. The van der Waals surface area contributed by atoms with Crippen LogP contribution in [0, 0.1) is 10.1 Å². The van der Waals surface area contributed by atoms with Crippen molar-refractivity contribution >= 4 is 11.7 Å². The SMILES string of the molecule is COC(=O)c1cncc(O[C@H]2CCc3c2cccc3[N+](=O)[O-])c1. The molecule has 0 saturated carbocycles. The molecule has 0 bridgehead atoms. The number of hydrogen-bond acceptors (Lipinski definition) is 6. The van der Waals surface area contributed by atoms with E-state index in [1.807, 2.05) is 6.07 Å². The van der Waals surface area contributed by atoms with E-state index in [1.54, 1.807) is 12.1 Å². The standard InChI is InChI=1S/C16H14N2O5/c1-22-16(19)10-7-11(9-17-8-10)23-15-6-5-12-13(15)3-2-4-14(12)18(20)21/h2-4,7-9,15H,5-6H2,1H3/t15-/m0/s1. The molecule has 0 fully saturated rings. The van der Waals surface area contributed by atoms with E-state index in [0.29, 0.717) is 29.7 Å². The molecule has 1 aromatic carbocycles. The predicted octanol–water partition coefficient (Wildman–Crippen LogP) is 2.84. The number of methoxy groups -OCH3 is 1. The lowest BCUT2D eigenvalue weighted by Crippen LogP contribution is -2.06. The van der Waals surface area contributed by atoms with E-state index >= 15 is 0 Å². The molecule has 7 heteroatoms. The number of fused-ring (bicyclic) bond motifs is 1. The molecule has 0 N–H and O–H groups in total. The second-order valence-electron chi connectivity index (χ2n) is 5.15. The minimum atomic E-state index is -0.495. The van der Waals surface area contributed by atoms with Crippen LogP contribution in [0.1, 0.15) is 34.0 Å². The highest BCUT2D eigenvalue weighted by molar-refractivity contribution is 5.89. The van der Waals surface area contributed by atoms with E-state index in [-0.39, 0.29) is 16.7 Å². The fraction of sp³-hybridized carbons (Fsp3) is 0.250. The molecule has 23 heavy (non-hydrogen) atoms. The Morgan fingerprint density at radius 1 is 1.39 bits per heavy atom. The van der Waals surface area contributed by atoms with Gasteiger partial charge in [-0.05, 0) is 18.9 Å². The monoisotopic (exact) mass is 314 g/mol. The second kappa shape index (κ2) is 6.04.